The average Bonchev–Trinajstić information content (AvgIpc) is 3.52. The molecule has 4 rings (SSSR count). The second-order valence-electron chi connectivity index (χ2n) is 12.9. The van der Waals surface area contributed by atoms with Crippen molar-refractivity contribution in [3.8, 4) is 0 Å². The van der Waals surface area contributed by atoms with Crippen molar-refractivity contribution < 1.29 is 14.3 Å². The van der Waals surface area contributed by atoms with Gasteiger partial charge in [0.2, 0.25) is 0 Å². The molecule has 1 atom stereocenters. The van der Waals surface area contributed by atoms with Gasteiger partial charge in [-0.25, -0.2) is 4.68 Å². The maximum absolute atomic E-state index is 12.6. The van der Waals surface area contributed by atoms with Crippen LogP contribution in [0, 0.1) is 25.2 Å². The molecule has 1 aliphatic rings. The van der Waals surface area contributed by atoms with E-state index in [1.54, 1.807) is 13.8 Å². The lowest BCUT2D eigenvalue weighted by molar-refractivity contribution is -0.147. The lowest BCUT2D eigenvalue weighted by Gasteiger charge is -2.36. The lowest BCUT2D eigenvalue weighted by atomic mass is 9.71. The van der Waals surface area contributed by atoms with E-state index in [4.69, 9.17) is 9.41 Å². The van der Waals surface area contributed by atoms with Gasteiger partial charge in [0.15, 0.2) is 8.32 Å². The van der Waals surface area contributed by atoms with Crippen LogP contribution in [-0.4, -0.2) is 39.4 Å². The van der Waals surface area contributed by atoms with Crippen molar-refractivity contribution in [1.29, 1.82) is 0 Å². The second kappa shape index (κ2) is 9.62. The number of carboxylic acid groups (broad SMARTS) is 1. The number of pyridine rings is 1. The van der Waals surface area contributed by atoms with Crippen LogP contribution in [0.25, 0.3) is 11.0 Å². The first-order valence-corrected chi connectivity index (χ1v) is 16.2. The van der Waals surface area contributed by atoms with Crippen LogP contribution in [-0.2, 0) is 22.4 Å². The fraction of sp³-hybridized carbons (Fsp3) is 0.586. The number of hydrogen-bond acceptors (Lipinski definition) is 5. The molecule has 1 aliphatic carbocycles. The zero-order valence-electron chi connectivity index (χ0n) is 23.8. The Kier molecular flexibility index (Phi) is 7.14. The van der Waals surface area contributed by atoms with Crippen molar-refractivity contribution in [3.05, 3.63) is 52.3 Å². The van der Waals surface area contributed by atoms with E-state index in [0.717, 1.165) is 45.7 Å². The Morgan fingerprint density at radius 3 is 2.41 bits per heavy atom. The van der Waals surface area contributed by atoms with Gasteiger partial charge in [-0.2, -0.15) is 0 Å². The zero-order valence-corrected chi connectivity index (χ0v) is 24.8. The number of aliphatic carboxylic acids is 1. The van der Waals surface area contributed by atoms with Gasteiger partial charge in [-0.3, -0.25) is 9.78 Å². The van der Waals surface area contributed by atoms with E-state index in [2.05, 4.69) is 44.2 Å². The van der Waals surface area contributed by atoms with Crippen LogP contribution >= 0.6 is 0 Å². The van der Waals surface area contributed by atoms with E-state index in [0.29, 0.717) is 12.5 Å². The molecule has 8 heteroatoms. The Bertz CT molecular complexity index is 1320. The molecule has 1 unspecified atom stereocenters. The molecular formula is C29H42N4O3Si. The highest BCUT2D eigenvalue weighted by Crippen LogP contribution is 2.43. The van der Waals surface area contributed by atoms with Crippen molar-refractivity contribution in [2.75, 3.05) is 0 Å². The Hall–Kier alpha value is -2.58. The number of rotatable bonds is 9. The van der Waals surface area contributed by atoms with Crippen LogP contribution in [0.3, 0.4) is 0 Å². The first kappa shape index (κ1) is 27.5. The summed E-state index contributed by atoms with van der Waals surface area (Å²) in [6, 6.07) is 8.10. The minimum atomic E-state index is -1.97. The Labute approximate surface area is 221 Å². The zero-order chi connectivity index (χ0) is 27.3. The first-order chi connectivity index (χ1) is 17.1. The molecule has 0 radical (unpaired) electrons. The molecule has 0 amide bonds. The summed E-state index contributed by atoms with van der Waals surface area (Å²) in [7, 11) is -1.97. The highest BCUT2D eigenvalue weighted by Gasteiger charge is 2.42. The number of fused-ring (bicyclic) bond motifs is 1. The molecule has 37 heavy (non-hydrogen) atoms. The average molecular weight is 523 g/mol. The summed E-state index contributed by atoms with van der Waals surface area (Å²) >= 11 is 0. The summed E-state index contributed by atoms with van der Waals surface area (Å²) in [4.78, 5) is 17.6. The Morgan fingerprint density at radius 1 is 1.14 bits per heavy atom. The molecule has 0 spiro atoms. The normalized spacial score (nSPS) is 15.8. The van der Waals surface area contributed by atoms with E-state index < -0.39 is 25.6 Å². The molecule has 0 bridgehead atoms. The molecule has 7 nitrogen and oxygen atoms in total. The van der Waals surface area contributed by atoms with Crippen LogP contribution in [0.5, 0.6) is 0 Å². The third kappa shape index (κ3) is 5.36. The van der Waals surface area contributed by atoms with Crippen molar-refractivity contribution in [2.24, 2.45) is 11.3 Å². The number of aromatic nitrogens is 4. The van der Waals surface area contributed by atoms with Gasteiger partial charge in [0.25, 0.3) is 0 Å². The van der Waals surface area contributed by atoms with Gasteiger partial charge in [-0.15, -0.1) is 5.10 Å². The lowest BCUT2D eigenvalue weighted by Crippen LogP contribution is -2.40. The quantitative estimate of drug-likeness (QED) is 0.318. The van der Waals surface area contributed by atoms with Gasteiger partial charge < -0.3 is 9.53 Å². The molecule has 1 N–H and O–H groups in total. The fourth-order valence-electron chi connectivity index (χ4n) is 4.58. The van der Waals surface area contributed by atoms with Gasteiger partial charge in [0.1, 0.15) is 5.52 Å². The number of carbonyl (C=O) groups is 1. The van der Waals surface area contributed by atoms with E-state index in [9.17, 15) is 9.90 Å². The third-order valence-corrected chi connectivity index (χ3v) is 13.1. The highest BCUT2D eigenvalue weighted by atomic mass is 28.4. The van der Waals surface area contributed by atoms with Gasteiger partial charge in [-0.1, -0.05) is 38.1 Å². The second-order valence-corrected chi connectivity index (χ2v) is 17.7. The number of aryl methyl sites for hydroxylation is 2. The molecule has 200 valence electrons. The van der Waals surface area contributed by atoms with Crippen molar-refractivity contribution in [1.82, 2.24) is 20.0 Å². The van der Waals surface area contributed by atoms with E-state index in [1.807, 2.05) is 42.8 Å². The van der Waals surface area contributed by atoms with Gasteiger partial charge in [-0.05, 0) is 93.4 Å². The molecule has 0 saturated heterocycles. The summed E-state index contributed by atoms with van der Waals surface area (Å²) < 4.78 is 8.48. The molecule has 1 saturated carbocycles. The van der Waals surface area contributed by atoms with E-state index >= 15 is 0 Å². The molecule has 1 fully saturated rings. The van der Waals surface area contributed by atoms with Gasteiger partial charge >= 0.3 is 5.97 Å². The summed E-state index contributed by atoms with van der Waals surface area (Å²) in [6.45, 7) is 20.1. The minimum Gasteiger partial charge on any atom is -0.481 e. The highest BCUT2D eigenvalue weighted by molar-refractivity contribution is 6.74. The van der Waals surface area contributed by atoms with Crippen LogP contribution in [0.15, 0.2) is 24.3 Å². The van der Waals surface area contributed by atoms with Crippen molar-refractivity contribution in [2.45, 2.75) is 98.5 Å². The maximum atomic E-state index is 12.6. The largest absolute Gasteiger partial charge is 0.481 e. The molecule has 1 aromatic carbocycles. The van der Waals surface area contributed by atoms with Crippen LogP contribution in [0.1, 0.15) is 81.5 Å². The predicted octanol–water partition coefficient (Wildman–Crippen LogP) is 6.62. The maximum Gasteiger partial charge on any atom is 0.310 e. The third-order valence-electron chi connectivity index (χ3n) is 8.59. The Balaban J connectivity index is 1.77. The SMILES string of the molecule is Cc1ccc(C(c2ccc3c(nnn3CC3CC3)c2C)C(C)(C)C(=O)O)nc1CO[Si](C)(C)C(C)(C)C. The molecule has 0 aliphatic heterocycles. The monoisotopic (exact) mass is 522 g/mol. The summed E-state index contributed by atoms with van der Waals surface area (Å²) in [5.74, 6) is -0.640. The summed E-state index contributed by atoms with van der Waals surface area (Å²) in [6.07, 6.45) is 2.49. The molecule has 2 aromatic heterocycles. The molecule has 2 heterocycles. The van der Waals surface area contributed by atoms with Crippen molar-refractivity contribution in [3.63, 3.8) is 0 Å². The number of nitrogens with zero attached hydrogens (tertiary/aromatic N) is 4. The van der Waals surface area contributed by atoms with Crippen LogP contribution in [0.2, 0.25) is 18.1 Å². The van der Waals surface area contributed by atoms with Gasteiger partial charge in [0.05, 0.1) is 23.2 Å². The molecule has 3 aromatic rings. The summed E-state index contributed by atoms with van der Waals surface area (Å²) in [5, 5.41) is 19.3. The predicted molar refractivity (Wildman–Crippen MR) is 149 cm³/mol. The standard InChI is InChI=1S/C29H42N4O3Si/c1-18-10-14-22(30-23(18)17-36-37(8,9)28(3,4)5)25(29(6,7)27(34)35)21-13-15-24-26(19(21)2)31-32-33(24)16-20-11-12-20/h10,13-15,20,25H,11-12,16-17H2,1-9H3,(H,34,35). The van der Waals surface area contributed by atoms with Crippen molar-refractivity contribution >= 4 is 25.3 Å². The number of carboxylic acids is 1. The van der Waals surface area contributed by atoms with Crippen LogP contribution in [0.4, 0.5) is 0 Å². The molecular weight excluding hydrogens is 480 g/mol. The fourth-order valence-corrected chi connectivity index (χ4v) is 5.51. The van der Waals surface area contributed by atoms with Gasteiger partial charge in [0, 0.05) is 18.2 Å². The minimum absolute atomic E-state index is 0.0931. The number of hydrogen-bond donors (Lipinski definition) is 1. The summed E-state index contributed by atoms with van der Waals surface area (Å²) in [5.41, 5.74) is 5.26. The van der Waals surface area contributed by atoms with E-state index in [1.165, 1.54) is 12.8 Å². The number of benzene rings is 1. The Morgan fingerprint density at radius 2 is 1.81 bits per heavy atom. The first-order valence-electron chi connectivity index (χ1n) is 13.3. The smallest absolute Gasteiger partial charge is 0.310 e. The van der Waals surface area contributed by atoms with E-state index in [-0.39, 0.29) is 5.04 Å². The van der Waals surface area contributed by atoms with Crippen LogP contribution < -0.4 is 0 Å². The topological polar surface area (TPSA) is 90.1 Å².